The second kappa shape index (κ2) is 8.15. The Morgan fingerprint density at radius 1 is 1.18 bits per heavy atom. The monoisotopic (exact) mass is 333 g/mol. The van der Waals surface area contributed by atoms with Crippen molar-refractivity contribution in [3.8, 4) is 5.75 Å². The minimum Gasteiger partial charge on any atom is -0.497 e. The molecule has 5 heteroatoms. The van der Waals surface area contributed by atoms with Crippen molar-refractivity contribution in [2.75, 3.05) is 18.7 Å². The molecule has 3 nitrogen and oxygen atoms in total. The van der Waals surface area contributed by atoms with E-state index in [0.29, 0.717) is 0 Å². The highest BCUT2D eigenvalue weighted by atomic mass is 32.2. The molecular weight excluding hydrogens is 314 g/mol. The van der Waals surface area contributed by atoms with Gasteiger partial charge in [0.05, 0.1) is 18.0 Å². The SMILES string of the molecule is COc1cccc(SC(C)C(=O)Nc2ccccc2SC)c1. The molecule has 2 aromatic carbocycles. The lowest BCUT2D eigenvalue weighted by atomic mass is 10.3. The Kier molecular flexibility index (Phi) is 6.21. The third-order valence-electron chi connectivity index (χ3n) is 3.09. The van der Waals surface area contributed by atoms with Crippen LogP contribution >= 0.6 is 23.5 Å². The Labute approximate surface area is 139 Å². The average Bonchev–Trinajstić information content (AvgIpc) is 2.55. The quantitative estimate of drug-likeness (QED) is 0.788. The van der Waals surface area contributed by atoms with E-state index < -0.39 is 0 Å². The molecule has 1 atom stereocenters. The number of ether oxygens (including phenoxy) is 1. The highest BCUT2D eigenvalue weighted by Gasteiger charge is 2.16. The number of para-hydroxylation sites is 1. The van der Waals surface area contributed by atoms with Gasteiger partial charge in [-0.15, -0.1) is 23.5 Å². The van der Waals surface area contributed by atoms with Gasteiger partial charge in [-0.1, -0.05) is 18.2 Å². The number of methoxy groups -OCH3 is 1. The van der Waals surface area contributed by atoms with Gasteiger partial charge in [-0.3, -0.25) is 4.79 Å². The van der Waals surface area contributed by atoms with E-state index in [1.807, 2.05) is 61.7 Å². The first-order chi connectivity index (χ1) is 10.6. The van der Waals surface area contributed by atoms with E-state index in [2.05, 4.69) is 5.32 Å². The van der Waals surface area contributed by atoms with Crippen LogP contribution in [0.25, 0.3) is 0 Å². The van der Waals surface area contributed by atoms with Gasteiger partial charge in [-0.05, 0) is 43.5 Å². The standard InChI is InChI=1S/C17H19NO2S2/c1-12(22-14-8-6-7-13(11-14)20-2)17(19)18-15-9-4-5-10-16(15)21-3/h4-12H,1-3H3,(H,18,19). The minimum atomic E-state index is -0.193. The minimum absolute atomic E-state index is 0.00526. The number of rotatable bonds is 6. The molecule has 1 N–H and O–H groups in total. The molecule has 2 rings (SSSR count). The van der Waals surface area contributed by atoms with Crippen LogP contribution in [0, 0.1) is 0 Å². The molecule has 22 heavy (non-hydrogen) atoms. The highest BCUT2D eigenvalue weighted by molar-refractivity contribution is 8.00. The summed E-state index contributed by atoms with van der Waals surface area (Å²) in [6.45, 7) is 1.90. The van der Waals surface area contributed by atoms with Crippen molar-refractivity contribution in [1.82, 2.24) is 0 Å². The van der Waals surface area contributed by atoms with Gasteiger partial charge in [0.2, 0.25) is 5.91 Å². The number of nitrogens with one attached hydrogen (secondary N) is 1. The number of carbonyl (C=O) groups is 1. The highest BCUT2D eigenvalue weighted by Crippen LogP contribution is 2.29. The number of amides is 1. The summed E-state index contributed by atoms with van der Waals surface area (Å²) in [5, 5.41) is 2.81. The van der Waals surface area contributed by atoms with Crippen LogP contribution in [0.1, 0.15) is 6.92 Å². The Balaban J connectivity index is 2.02. The van der Waals surface area contributed by atoms with Crippen molar-refractivity contribution in [3.63, 3.8) is 0 Å². The predicted molar refractivity (Wildman–Crippen MR) is 95.2 cm³/mol. The van der Waals surface area contributed by atoms with Crippen molar-refractivity contribution in [1.29, 1.82) is 0 Å². The molecule has 0 heterocycles. The van der Waals surface area contributed by atoms with Gasteiger partial charge in [-0.25, -0.2) is 0 Å². The molecule has 0 radical (unpaired) electrons. The van der Waals surface area contributed by atoms with Crippen molar-refractivity contribution in [2.24, 2.45) is 0 Å². The van der Waals surface area contributed by atoms with Gasteiger partial charge < -0.3 is 10.1 Å². The summed E-state index contributed by atoms with van der Waals surface area (Å²) < 4.78 is 5.21. The van der Waals surface area contributed by atoms with Crippen LogP contribution in [-0.2, 0) is 4.79 Å². The lowest BCUT2D eigenvalue weighted by Gasteiger charge is -2.14. The molecule has 2 aromatic rings. The van der Waals surface area contributed by atoms with E-state index in [9.17, 15) is 4.79 Å². The normalized spacial score (nSPS) is 11.8. The van der Waals surface area contributed by atoms with E-state index in [0.717, 1.165) is 21.2 Å². The summed E-state index contributed by atoms with van der Waals surface area (Å²) in [5.41, 5.74) is 0.859. The number of thioether (sulfide) groups is 2. The lowest BCUT2D eigenvalue weighted by Crippen LogP contribution is -2.22. The number of hydrogen-bond donors (Lipinski definition) is 1. The molecule has 0 aromatic heterocycles. The van der Waals surface area contributed by atoms with E-state index in [1.54, 1.807) is 18.9 Å². The molecular formula is C17H19NO2S2. The van der Waals surface area contributed by atoms with Crippen LogP contribution in [0.4, 0.5) is 5.69 Å². The zero-order valence-electron chi connectivity index (χ0n) is 12.8. The van der Waals surface area contributed by atoms with Crippen molar-refractivity contribution >= 4 is 35.1 Å². The lowest BCUT2D eigenvalue weighted by molar-refractivity contribution is -0.115. The third-order valence-corrected chi connectivity index (χ3v) is 4.98. The topological polar surface area (TPSA) is 38.3 Å². The largest absolute Gasteiger partial charge is 0.497 e. The summed E-state index contributed by atoms with van der Waals surface area (Å²) in [7, 11) is 1.64. The summed E-state index contributed by atoms with van der Waals surface area (Å²) in [5.74, 6) is 0.791. The van der Waals surface area contributed by atoms with Crippen molar-refractivity contribution in [2.45, 2.75) is 22.0 Å². The fourth-order valence-electron chi connectivity index (χ4n) is 1.91. The molecule has 0 fully saturated rings. The second-order valence-corrected chi connectivity index (χ2v) is 6.89. The molecule has 0 aliphatic carbocycles. The summed E-state index contributed by atoms with van der Waals surface area (Å²) in [6, 6.07) is 15.5. The van der Waals surface area contributed by atoms with Gasteiger partial charge >= 0.3 is 0 Å². The number of carbonyl (C=O) groups excluding carboxylic acids is 1. The smallest absolute Gasteiger partial charge is 0.237 e. The maximum absolute atomic E-state index is 12.4. The molecule has 0 saturated carbocycles. The Morgan fingerprint density at radius 3 is 2.68 bits per heavy atom. The number of anilines is 1. The Bertz CT molecular complexity index is 646. The van der Waals surface area contributed by atoms with Crippen LogP contribution < -0.4 is 10.1 Å². The third kappa shape index (κ3) is 4.45. The van der Waals surface area contributed by atoms with Crippen LogP contribution in [0.15, 0.2) is 58.3 Å². The first-order valence-corrected chi connectivity index (χ1v) is 8.99. The van der Waals surface area contributed by atoms with Gasteiger partial charge in [0, 0.05) is 9.79 Å². The van der Waals surface area contributed by atoms with Crippen molar-refractivity contribution < 1.29 is 9.53 Å². The fourth-order valence-corrected chi connectivity index (χ4v) is 3.38. The van der Waals surface area contributed by atoms with Crippen LogP contribution in [-0.4, -0.2) is 24.5 Å². The van der Waals surface area contributed by atoms with E-state index >= 15 is 0 Å². The summed E-state index contributed by atoms with van der Waals surface area (Å²) >= 11 is 3.14. The summed E-state index contributed by atoms with van der Waals surface area (Å²) in [6.07, 6.45) is 2.00. The van der Waals surface area contributed by atoms with Crippen LogP contribution in [0.2, 0.25) is 0 Å². The molecule has 0 saturated heterocycles. The molecule has 0 spiro atoms. The predicted octanol–water partition coefficient (Wildman–Crippen LogP) is 4.54. The van der Waals surface area contributed by atoms with E-state index in [-0.39, 0.29) is 11.2 Å². The maximum Gasteiger partial charge on any atom is 0.237 e. The number of hydrogen-bond acceptors (Lipinski definition) is 4. The Hall–Kier alpha value is -1.59. The first-order valence-electron chi connectivity index (χ1n) is 6.88. The summed E-state index contributed by atoms with van der Waals surface area (Å²) in [4.78, 5) is 14.4. The average molecular weight is 333 g/mol. The maximum atomic E-state index is 12.4. The van der Waals surface area contributed by atoms with E-state index in [1.165, 1.54) is 11.8 Å². The molecule has 1 amide bonds. The zero-order valence-corrected chi connectivity index (χ0v) is 14.5. The zero-order chi connectivity index (χ0) is 15.9. The van der Waals surface area contributed by atoms with E-state index in [4.69, 9.17) is 4.74 Å². The van der Waals surface area contributed by atoms with Gasteiger partial charge in [0.1, 0.15) is 5.75 Å². The Morgan fingerprint density at radius 2 is 1.95 bits per heavy atom. The van der Waals surface area contributed by atoms with Gasteiger partial charge in [-0.2, -0.15) is 0 Å². The fraction of sp³-hybridized carbons (Fsp3) is 0.235. The van der Waals surface area contributed by atoms with Gasteiger partial charge in [0.25, 0.3) is 0 Å². The van der Waals surface area contributed by atoms with Crippen LogP contribution in [0.3, 0.4) is 0 Å². The van der Waals surface area contributed by atoms with Crippen molar-refractivity contribution in [3.05, 3.63) is 48.5 Å². The number of benzene rings is 2. The molecule has 0 bridgehead atoms. The first kappa shape index (κ1) is 16.8. The molecule has 1 unspecified atom stereocenters. The van der Waals surface area contributed by atoms with Crippen LogP contribution in [0.5, 0.6) is 5.75 Å². The van der Waals surface area contributed by atoms with Gasteiger partial charge in [0.15, 0.2) is 0 Å². The molecule has 116 valence electrons. The molecule has 0 aliphatic rings. The second-order valence-electron chi connectivity index (χ2n) is 4.63. The molecule has 0 aliphatic heterocycles.